The smallest absolute Gasteiger partial charge is 0.182 e. The van der Waals surface area contributed by atoms with Gasteiger partial charge in [-0.05, 0) is 24.3 Å². The third-order valence-electron chi connectivity index (χ3n) is 2.37. The molecule has 0 saturated heterocycles. The van der Waals surface area contributed by atoms with E-state index in [-0.39, 0.29) is 0 Å². The van der Waals surface area contributed by atoms with Crippen LogP contribution in [0.4, 0.5) is 5.82 Å². The molecule has 3 rings (SSSR count). The van der Waals surface area contributed by atoms with Gasteiger partial charge in [0.2, 0.25) is 0 Å². The van der Waals surface area contributed by atoms with Gasteiger partial charge in [0.1, 0.15) is 5.82 Å². The Morgan fingerprint density at radius 3 is 2.71 bits per heavy atom. The van der Waals surface area contributed by atoms with Crippen LogP contribution >= 0.6 is 15.9 Å². The van der Waals surface area contributed by atoms with E-state index in [0.717, 1.165) is 10.0 Å². The number of rotatable bonds is 1. The Morgan fingerprint density at radius 1 is 1.18 bits per heavy atom. The van der Waals surface area contributed by atoms with Gasteiger partial charge in [-0.2, -0.15) is 4.52 Å². The van der Waals surface area contributed by atoms with Crippen molar-refractivity contribution in [1.29, 1.82) is 0 Å². The maximum absolute atomic E-state index is 5.87. The van der Waals surface area contributed by atoms with Crippen molar-refractivity contribution >= 4 is 27.4 Å². The average molecular weight is 290 g/mol. The minimum atomic E-state index is 0.544. The van der Waals surface area contributed by atoms with Gasteiger partial charge >= 0.3 is 0 Å². The number of nitrogens with two attached hydrogens (primary N) is 1. The lowest BCUT2D eigenvalue weighted by Gasteiger charge is -1.97. The lowest BCUT2D eigenvalue weighted by molar-refractivity contribution is 0.976. The van der Waals surface area contributed by atoms with Gasteiger partial charge in [0.05, 0.1) is 0 Å². The summed E-state index contributed by atoms with van der Waals surface area (Å²) < 4.78 is 2.50. The number of nitrogen functional groups attached to an aromatic ring is 1. The van der Waals surface area contributed by atoms with Gasteiger partial charge in [-0.3, -0.25) is 4.98 Å². The van der Waals surface area contributed by atoms with Crippen molar-refractivity contribution in [2.75, 3.05) is 5.73 Å². The van der Waals surface area contributed by atoms with E-state index in [2.05, 4.69) is 31.0 Å². The highest BCUT2D eigenvalue weighted by Crippen LogP contribution is 2.20. The predicted molar refractivity (Wildman–Crippen MR) is 68.3 cm³/mol. The summed E-state index contributed by atoms with van der Waals surface area (Å²) in [5, 5.41) is 4.36. The monoisotopic (exact) mass is 289 g/mol. The van der Waals surface area contributed by atoms with Crippen LogP contribution in [0.5, 0.6) is 0 Å². The molecular formula is C11H8BrN5. The maximum Gasteiger partial charge on any atom is 0.182 e. The molecule has 3 aromatic rings. The zero-order valence-corrected chi connectivity index (χ0v) is 10.3. The van der Waals surface area contributed by atoms with Gasteiger partial charge in [0.15, 0.2) is 11.5 Å². The number of aromatic nitrogens is 4. The zero-order valence-electron chi connectivity index (χ0n) is 8.71. The van der Waals surface area contributed by atoms with E-state index in [4.69, 9.17) is 5.73 Å². The Balaban J connectivity index is 2.24. The second kappa shape index (κ2) is 3.81. The predicted octanol–water partition coefficient (Wildman–Crippen LogP) is 2.14. The molecule has 17 heavy (non-hydrogen) atoms. The number of pyridine rings is 2. The van der Waals surface area contributed by atoms with E-state index in [1.54, 1.807) is 23.0 Å². The largest absolute Gasteiger partial charge is 0.384 e. The van der Waals surface area contributed by atoms with Crippen molar-refractivity contribution in [2.45, 2.75) is 0 Å². The van der Waals surface area contributed by atoms with Crippen molar-refractivity contribution in [2.24, 2.45) is 0 Å². The zero-order chi connectivity index (χ0) is 11.8. The number of halogens is 1. The van der Waals surface area contributed by atoms with Crippen LogP contribution < -0.4 is 5.73 Å². The van der Waals surface area contributed by atoms with Gasteiger partial charge in [-0.25, -0.2) is 4.98 Å². The average Bonchev–Trinajstić information content (AvgIpc) is 2.74. The first-order chi connectivity index (χ1) is 8.24. The molecule has 0 spiro atoms. The van der Waals surface area contributed by atoms with Crippen LogP contribution in [0.2, 0.25) is 0 Å². The van der Waals surface area contributed by atoms with Crippen molar-refractivity contribution in [3.63, 3.8) is 0 Å². The number of fused-ring (bicyclic) bond motifs is 1. The number of anilines is 1. The molecule has 0 radical (unpaired) electrons. The van der Waals surface area contributed by atoms with E-state index in [1.165, 1.54) is 0 Å². The van der Waals surface area contributed by atoms with Gasteiger partial charge in [-0.1, -0.05) is 15.9 Å². The molecule has 6 heteroatoms. The lowest BCUT2D eigenvalue weighted by atomic mass is 10.3. The van der Waals surface area contributed by atoms with Gasteiger partial charge in [0, 0.05) is 22.4 Å². The second-order valence-corrected chi connectivity index (χ2v) is 4.46. The van der Waals surface area contributed by atoms with Crippen molar-refractivity contribution in [3.05, 3.63) is 41.1 Å². The van der Waals surface area contributed by atoms with Gasteiger partial charge < -0.3 is 5.73 Å². The fourth-order valence-corrected chi connectivity index (χ4v) is 2.04. The molecule has 2 N–H and O–H groups in total. The maximum atomic E-state index is 5.87. The molecule has 0 saturated carbocycles. The molecule has 0 aliphatic heterocycles. The SMILES string of the molecule is Nc1cc(Br)cc2nc(-c3ccncc3)nn12. The van der Waals surface area contributed by atoms with Crippen LogP contribution in [0.1, 0.15) is 0 Å². The second-order valence-electron chi connectivity index (χ2n) is 3.54. The molecular weight excluding hydrogens is 282 g/mol. The Labute approximate surface area is 105 Å². The number of hydrogen-bond acceptors (Lipinski definition) is 4. The molecule has 0 atom stereocenters. The van der Waals surface area contributed by atoms with E-state index >= 15 is 0 Å². The van der Waals surface area contributed by atoms with E-state index in [1.807, 2.05) is 18.2 Å². The van der Waals surface area contributed by atoms with E-state index in [9.17, 15) is 0 Å². The summed E-state index contributed by atoms with van der Waals surface area (Å²) in [6.07, 6.45) is 3.42. The third kappa shape index (κ3) is 1.76. The van der Waals surface area contributed by atoms with Crippen LogP contribution in [-0.2, 0) is 0 Å². The first-order valence-electron chi connectivity index (χ1n) is 4.96. The Kier molecular flexibility index (Phi) is 2.29. The topological polar surface area (TPSA) is 69.1 Å². The van der Waals surface area contributed by atoms with Crippen LogP contribution in [0.15, 0.2) is 41.1 Å². The third-order valence-corrected chi connectivity index (χ3v) is 2.83. The minimum Gasteiger partial charge on any atom is -0.384 e. The fourth-order valence-electron chi connectivity index (χ4n) is 1.60. The molecule has 0 bridgehead atoms. The molecule has 0 aliphatic carbocycles. The summed E-state index contributed by atoms with van der Waals surface area (Å²) in [6, 6.07) is 7.38. The first kappa shape index (κ1) is 10.2. The van der Waals surface area contributed by atoms with Crippen LogP contribution in [-0.4, -0.2) is 19.6 Å². The lowest BCUT2D eigenvalue weighted by Crippen LogP contribution is -1.97. The minimum absolute atomic E-state index is 0.544. The summed E-state index contributed by atoms with van der Waals surface area (Å²) in [7, 11) is 0. The summed E-state index contributed by atoms with van der Waals surface area (Å²) in [5.74, 6) is 1.18. The Morgan fingerprint density at radius 2 is 1.94 bits per heavy atom. The normalized spacial score (nSPS) is 10.9. The summed E-state index contributed by atoms with van der Waals surface area (Å²) in [6.45, 7) is 0. The van der Waals surface area contributed by atoms with Crippen LogP contribution in [0.25, 0.3) is 17.0 Å². The summed E-state index contributed by atoms with van der Waals surface area (Å²) >= 11 is 3.38. The Bertz CT molecular complexity index is 677. The van der Waals surface area contributed by atoms with Crippen molar-refractivity contribution in [3.8, 4) is 11.4 Å². The highest BCUT2D eigenvalue weighted by Gasteiger charge is 2.08. The van der Waals surface area contributed by atoms with Crippen LogP contribution in [0.3, 0.4) is 0 Å². The molecule has 3 aromatic heterocycles. The number of nitrogens with zero attached hydrogens (tertiary/aromatic N) is 4. The van der Waals surface area contributed by atoms with Crippen LogP contribution in [0, 0.1) is 0 Å². The van der Waals surface area contributed by atoms with Crippen molar-refractivity contribution < 1.29 is 0 Å². The summed E-state index contributed by atoms with van der Waals surface area (Å²) in [5.41, 5.74) is 7.49. The molecule has 0 unspecified atom stereocenters. The quantitative estimate of drug-likeness (QED) is 0.745. The van der Waals surface area contributed by atoms with Gasteiger partial charge in [0.25, 0.3) is 0 Å². The summed E-state index contributed by atoms with van der Waals surface area (Å²) in [4.78, 5) is 8.38. The fraction of sp³-hybridized carbons (Fsp3) is 0. The number of hydrogen-bond donors (Lipinski definition) is 1. The molecule has 0 aliphatic rings. The molecule has 3 heterocycles. The highest BCUT2D eigenvalue weighted by molar-refractivity contribution is 9.10. The molecule has 0 aromatic carbocycles. The highest BCUT2D eigenvalue weighted by atomic mass is 79.9. The molecule has 0 fully saturated rings. The first-order valence-corrected chi connectivity index (χ1v) is 5.75. The van der Waals surface area contributed by atoms with Gasteiger partial charge in [-0.15, -0.1) is 5.10 Å². The van der Waals surface area contributed by atoms with E-state index in [0.29, 0.717) is 17.3 Å². The Hall–Kier alpha value is -1.95. The molecule has 84 valence electrons. The standard InChI is InChI=1S/C11H8BrN5/c12-8-5-9(13)17-10(6-8)15-11(16-17)7-1-3-14-4-2-7/h1-6H,13H2. The van der Waals surface area contributed by atoms with Crippen molar-refractivity contribution in [1.82, 2.24) is 19.6 Å². The molecule has 5 nitrogen and oxygen atoms in total. The molecule has 0 amide bonds. The van der Waals surface area contributed by atoms with E-state index < -0.39 is 0 Å².